The number of anilines is 3. The predicted molar refractivity (Wildman–Crippen MR) is 256 cm³/mol. The summed E-state index contributed by atoms with van der Waals surface area (Å²) in [6.45, 7) is 0. The van der Waals surface area contributed by atoms with Crippen LogP contribution in [0.3, 0.4) is 0 Å². The van der Waals surface area contributed by atoms with Crippen LogP contribution in [0, 0.1) is 0 Å². The van der Waals surface area contributed by atoms with Gasteiger partial charge in [-0.3, -0.25) is 0 Å². The van der Waals surface area contributed by atoms with Gasteiger partial charge in [-0.05, 0) is 121 Å². The standard InChI is InChI=1S/C58H38N2/c1-2-21-44(22-3-1)60-55-30-13-12-29-52(55)58-56(60)38-42-18-6-9-26-49(42)57(58)43-20-14-23-46(36-43)59(54-31-15-19-39-16-4-8-25-48(39)54)45-34-32-40(33-35-45)53-37-41-17-5-7-24-47(41)50-27-10-11-28-51(50)53/h1-38H. The molecule has 0 N–H and O–H groups in total. The Morgan fingerprint density at radius 3 is 1.72 bits per heavy atom. The predicted octanol–water partition coefficient (Wildman–Crippen LogP) is 16.2. The SMILES string of the molecule is c1ccc(-n2c3ccccc3c3c(-c4cccc(N(c5ccc(-c6cc7ccccc7c7ccccc67)cc5)c5cccc6ccccc56)c4)c4ccccc4cc32)cc1. The van der Waals surface area contributed by atoms with Crippen LogP contribution in [0.2, 0.25) is 0 Å². The Morgan fingerprint density at radius 2 is 0.917 bits per heavy atom. The van der Waals surface area contributed by atoms with Gasteiger partial charge in [0, 0.05) is 33.2 Å². The fourth-order valence-electron chi connectivity index (χ4n) is 9.66. The van der Waals surface area contributed by atoms with Gasteiger partial charge in [0.25, 0.3) is 0 Å². The van der Waals surface area contributed by atoms with Gasteiger partial charge in [-0.25, -0.2) is 0 Å². The number of hydrogen-bond donors (Lipinski definition) is 0. The zero-order chi connectivity index (χ0) is 39.6. The molecule has 12 aromatic rings. The molecule has 0 bridgehead atoms. The molecule has 0 saturated carbocycles. The van der Waals surface area contributed by atoms with Crippen molar-refractivity contribution in [1.82, 2.24) is 4.57 Å². The van der Waals surface area contributed by atoms with Crippen molar-refractivity contribution >= 4 is 82.0 Å². The van der Waals surface area contributed by atoms with E-state index in [1.807, 2.05) is 0 Å². The molecular weight excluding hydrogens is 725 g/mol. The molecule has 0 aliphatic rings. The van der Waals surface area contributed by atoms with Gasteiger partial charge in [-0.1, -0.05) is 170 Å². The number of fused-ring (bicyclic) bond motifs is 8. The van der Waals surface area contributed by atoms with Crippen LogP contribution in [-0.2, 0) is 0 Å². The number of aromatic nitrogens is 1. The molecule has 0 aliphatic heterocycles. The Kier molecular flexibility index (Phi) is 7.89. The van der Waals surface area contributed by atoms with Crippen molar-refractivity contribution < 1.29 is 0 Å². The van der Waals surface area contributed by atoms with Gasteiger partial charge in [-0.2, -0.15) is 0 Å². The largest absolute Gasteiger partial charge is 0.310 e. The lowest BCUT2D eigenvalue weighted by Crippen LogP contribution is -2.10. The number of benzene rings is 11. The second-order valence-electron chi connectivity index (χ2n) is 15.7. The molecule has 0 aliphatic carbocycles. The van der Waals surface area contributed by atoms with Crippen molar-refractivity contribution in [2.24, 2.45) is 0 Å². The maximum Gasteiger partial charge on any atom is 0.0553 e. The van der Waals surface area contributed by atoms with E-state index in [9.17, 15) is 0 Å². The molecule has 0 unspecified atom stereocenters. The monoisotopic (exact) mass is 762 g/mol. The molecule has 60 heavy (non-hydrogen) atoms. The molecule has 2 nitrogen and oxygen atoms in total. The fourth-order valence-corrected chi connectivity index (χ4v) is 9.66. The first-order valence-electron chi connectivity index (χ1n) is 20.7. The highest BCUT2D eigenvalue weighted by Crippen LogP contribution is 2.46. The lowest BCUT2D eigenvalue weighted by atomic mass is 9.92. The van der Waals surface area contributed by atoms with Crippen molar-refractivity contribution in [1.29, 1.82) is 0 Å². The quantitative estimate of drug-likeness (QED) is 0.153. The van der Waals surface area contributed by atoms with Gasteiger partial charge in [0.05, 0.1) is 16.7 Å². The first-order chi connectivity index (χ1) is 29.8. The smallest absolute Gasteiger partial charge is 0.0553 e. The Labute approximate surface area is 348 Å². The molecule has 0 spiro atoms. The zero-order valence-electron chi connectivity index (χ0n) is 32.8. The molecule has 1 heterocycles. The zero-order valence-corrected chi connectivity index (χ0v) is 32.8. The Bertz CT molecular complexity index is 3590. The van der Waals surface area contributed by atoms with E-state index in [1.54, 1.807) is 0 Å². The summed E-state index contributed by atoms with van der Waals surface area (Å²) >= 11 is 0. The number of rotatable bonds is 6. The molecule has 0 fully saturated rings. The summed E-state index contributed by atoms with van der Waals surface area (Å²) < 4.78 is 2.42. The Morgan fingerprint density at radius 1 is 0.317 bits per heavy atom. The Balaban J connectivity index is 1.08. The Hall–Kier alpha value is -7.94. The average Bonchev–Trinajstić information content (AvgIpc) is 3.65. The van der Waals surface area contributed by atoms with E-state index in [0.717, 1.165) is 22.7 Å². The van der Waals surface area contributed by atoms with E-state index in [-0.39, 0.29) is 0 Å². The van der Waals surface area contributed by atoms with Crippen LogP contribution < -0.4 is 4.90 Å². The molecule has 2 heteroatoms. The molecule has 0 saturated heterocycles. The molecule has 0 amide bonds. The van der Waals surface area contributed by atoms with Gasteiger partial charge in [0.15, 0.2) is 0 Å². The third kappa shape index (κ3) is 5.42. The van der Waals surface area contributed by atoms with Gasteiger partial charge in [0.1, 0.15) is 0 Å². The topological polar surface area (TPSA) is 8.17 Å². The van der Waals surface area contributed by atoms with Crippen LogP contribution in [-0.4, -0.2) is 4.57 Å². The summed E-state index contributed by atoms with van der Waals surface area (Å²) in [6, 6.07) is 84.3. The molecule has 0 radical (unpaired) electrons. The first kappa shape index (κ1) is 34.1. The maximum absolute atomic E-state index is 2.43. The van der Waals surface area contributed by atoms with Crippen molar-refractivity contribution in [3.8, 4) is 27.9 Å². The normalized spacial score (nSPS) is 11.7. The molecule has 12 rings (SSSR count). The number of para-hydroxylation sites is 2. The lowest BCUT2D eigenvalue weighted by molar-refractivity contribution is 1.18. The summed E-state index contributed by atoms with van der Waals surface area (Å²) in [5.74, 6) is 0. The fraction of sp³-hybridized carbons (Fsp3) is 0. The van der Waals surface area contributed by atoms with E-state index >= 15 is 0 Å². The van der Waals surface area contributed by atoms with Crippen LogP contribution in [0.25, 0.3) is 92.8 Å². The maximum atomic E-state index is 2.43. The molecule has 280 valence electrons. The molecular formula is C58H38N2. The summed E-state index contributed by atoms with van der Waals surface area (Å²) in [4.78, 5) is 2.43. The van der Waals surface area contributed by atoms with Crippen molar-refractivity contribution in [3.05, 3.63) is 231 Å². The minimum atomic E-state index is 1.10. The van der Waals surface area contributed by atoms with Crippen molar-refractivity contribution in [2.45, 2.75) is 0 Å². The summed E-state index contributed by atoms with van der Waals surface area (Å²) in [7, 11) is 0. The average molecular weight is 763 g/mol. The van der Waals surface area contributed by atoms with Crippen LogP contribution in [0.15, 0.2) is 231 Å². The van der Waals surface area contributed by atoms with Crippen molar-refractivity contribution in [2.75, 3.05) is 4.90 Å². The van der Waals surface area contributed by atoms with E-state index < -0.39 is 0 Å². The number of nitrogens with zero attached hydrogens (tertiary/aromatic N) is 2. The summed E-state index contributed by atoms with van der Waals surface area (Å²) in [6.07, 6.45) is 0. The van der Waals surface area contributed by atoms with Crippen LogP contribution >= 0.6 is 0 Å². The lowest BCUT2D eigenvalue weighted by Gasteiger charge is -2.28. The summed E-state index contributed by atoms with van der Waals surface area (Å²) in [5.41, 5.74) is 11.7. The van der Waals surface area contributed by atoms with Gasteiger partial charge in [0.2, 0.25) is 0 Å². The molecule has 11 aromatic carbocycles. The van der Waals surface area contributed by atoms with E-state index in [4.69, 9.17) is 0 Å². The summed E-state index contributed by atoms with van der Waals surface area (Å²) in [5, 5.41) is 12.4. The second-order valence-corrected chi connectivity index (χ2v) is 15.7. The van der Waals surface area contributed by atoms with E-state index in [2.05, 4.69) is 240 Å². The van der Waals surface area contributed by atoms with E-state index in [0.29, 0.717) is 0 Å². The van der Waals surface area contributed by atoms with Crippen LogP contribution in [0.5, 0.6) is 0 Å². The minimum absolute atomic E-state index is 1.10. The third-order valence-electron chi connectivity index (χ3n) is 12.3. The highest BCUT2D eigenvalue weighted by atomic mass is 15.1. The number of hydrogen-bond acceptors (Lipinski definition) is 1. The molecule has 1 aromatic heterocycles. The minimum Gasteiger partial charge on any atom is -0.310 e. The van der Waals surface area contributed by atoms with Crippen LogP contribution in [0.1, 0.15) is 0 Å². The van der Waals surface area contributed by atoms with Gasteiger partial charge >= 0.3 is 0 Å². The third-order valence-corrected chi connectivity index (χ3v) is 12.3. The van der Waals surface area contributed by atoms with E-state index in [1.165, 1.54) is 87.1 Å². The van der Waals surface area contributed by atoms with Crippen molar-refractivity contribution in [3.63, 3.8) is 0 Å². The van der Waals surface area contributed by atoms with Gasteiger partial charge < -0.3 is 9.47 Å². The molecule has 0 atom stereocenters. The second kappa shape index (κ2) is 13.9. The highest BCUT2D eigenvalue weighted by Gasteiger charge is 2.21. The first-order valence-corrected chi connectivity index (χ1v) is 20.7. The van der Waals surface area contributed by atoms with Gasteiger partial charge in [-0.15, -0.1) is 0 Å². The van der Waals surface area contributed by atoms with Crippen LogP contribution in [0.4, 0.5) is 17.1 Å². The highest BCUT2D eigenvalue weighted by molar-refractivity contribution is 6.23.